The second-order valence-corrected chi connectivity index (χ2v) is 8.16. The summed E-state index contributed by atoms with van der Waals surface area (Å²) >= 11 is 0. The number of rotatable bonds is 10. The molecule has 1 saturated heterocycles. The van der Waals surface area contributed by atoms with E-state index < -0.39 is 12.2 Å². The van der Waals surface area contributed by atoms with Crippen molar-refractivity contribution in [2.45, 2.75) is 26.1 Å². The van der Waals surface area contributed by atoms with E-state index in [-0.39, 0.29) is 0 Å². The van der Waals surface area contributed by atoms with E-state index >= 15 is 0 Å². The fourth-order valence-corrected chi connectivity index (χ4v) is 3.65. The predicted molar refractivity (Wildman–Crippen MR) is 118 cm³/mol. The summed E-state index contributed by atoms with van der Waals surface area (Å²) in [5.41, 5.74) is 2.29. The Morgan fingerprint density at radius 2 is 1.13 bits per heavy atom. The molecule has 0 amide bonds. The summed E-state index contributed by atoms with van der Waals surface area (Å²) in [4.78, 5) is 4.49. The molecule has 6 heteroatoms. The van der Waals surface area contributed by atoms with Crippen molar-refractivity contribution in [3.63, 3.8) is 0 Å². The standard InChI is InChI=1S/C24H34N2O4/c1-19-5-3-7-23(13-19)29-17-21(27)15-25-9-11-26(12-10-25)16-22(28)18-30-24-8-4-6-20(2)14-24/h3-8,13-14,21-22,27-28H,9-12,15-18H2,1-2H3. The first-order valence-electron chi connectivity index (χ1n) is 10.7. The summed E-state index contributed by atoms with van der Waals surface area (Å²) in [6.07, 6.45) is -1.05. The van der Waals surface area contributed by atoms with Gasteiger partial charge in [0.25, 0.3) is 0 Å². The van der Waals surface area contributed by atoms with Gasteiger partial charge in [-0.05, 0) is 49.2 Å². The van der Waals surface area contributed by atoms with Crippen LogP contribution in [0.4, 0.5) is 0 Å². The van der Waals surface area contributed by atoms with Crippen LogP contribution in [0.15, 0.2) is 48.5 Å². The molecule has 6 nitrogen and oxygen atoms in total. The van der Waals surface area contributed by atoms with Crippen LogP contribution in [0.25, 0.3) is 0 Å². The number of aryl methyl sites for hydroxylation is 2. The number of aliphatic hydroxyl groups excluding tert-OH is 2. The van der Waals surface area contributed by atoms with Gasteiger partial charge in [-0.1, -0.05) is 24.3 Å². The summed E-state index contributed by atoms with van der Waals surface area (Å²) in [6, 6.07) is 15.7. The molecule has 2 N–H and O–H groups in total. The van der Waals surface area contributed by atoms with E-state index in [4.69, 9.17) is 9.47 Å². The fraction of sp³-hybridized carbons (Fsp3) is 0.500. The zero-order chi connectivity index (χ0) is 21.3. The monoisotopic (exact) mass is 414 g/mol. The van der Waals surface area contributed by atoms with Crippen molar-refractivity contribution in [1.29, 1.82) is 0 Å². The minimum absolute atomic E-state index is 0.290. The van der Waals surface area contributed by atoms with Crippen LogP contribution in [-0.2, 0) is 0 Å². The second kappa shape index (κ2) is 11.3. The highest BCUT2D eigenvalue weighted by molar-refractivity contribution is 5.28. The quantitative estimate of drug-likeness (QED) is 0.621. The lowest BCUT2D eigenvalue weighted by Gasteiger charge is -2.36. The molecular formula is C24H34N2O4. The maximum absolute atomic E-state index is 10.3. The maximum Gasteiger partial charge on any atom is 0.119 e. The molecule has 0 spiro atoms. The first-order chi connectivity index (χ1) is 14.5. The van der Waals surface area contributed by atoms with Crippen LogP contribution in [0.3, 0.4) is 0 Å². The summed E-state index contributed by atoms with van der Waals surface area (Å²) in [6.45, 7) is 9.29. The summed E-state index contributed by atoms with van der Waals surface area (Å²) < 4.78 is 11.4. The molecule has 0 radical (unpaired) electrons. The third kappa shape index (κ3) is 7.61. The molecule has 1 fully saturated rings. The molecule has 164 valence electrons. The molecule has 0 aliphatic carbocycles. The molecule has 2 atom stereocenters. The predicted octanol–water partition coefficient (Wildman–Crippen LogP) is 2.10. The van der Waals surface area contributed by atoms with Gasteiger partial charge in [-0.3, -0.25) is 9.80 Å². The molecule has 0 aromatic heterocycles. The first-order valence-corrected chi connectivity index (χ1v) is 10.7. The molecule has 3 rings (SSSR count). The van der Waals surface area contributed by atoms with Gasteiger partial charge in [0.15, 0.2) is 0 Å². The Balaban J connectivity index is 1.31. The minimum atomic E-state index is -0.523. The molecule has 2 aromatic rings. The summed E-state index contributed by atoms with van der Waals surface area (Å²) in [5.74, 6) is 1.58. The van der Waals surface area contributed by atoms with Crippen LogP contribution < -0.4 is 9.47 Å². The van der Waals surface area contributed by atoms with Gasteiger partial charge in [0, 0.05) is 39.3 Å². The second-order valence-electron chi connectivity index (χ2n) is 8.16. The third-order valence-electron chi connectivity index (χ3n) is 5.27. The number of aliphatic hydroxyl groups is 2. The molecule has 1 aliphatic rings. The zero-order valence-corrected chi connectivity index (χ0v) is 18.0. The van der Waals surface area contributed by atoms with E-state index in [1.807, 2.05) is 62.4 Å². The lowest BCUT2D eigenvalue weighted by atomic mass is 10.2. The Morgan fingerprint density at radius 1 is 0.733 bits per heavy atom. The molecule has 2 unspecified atom stereocenters. The van der Waals surface area contributed by atoms with Crippen LogP contribution in [0.2, 0.25) is 0 Å². The number of piperazine rings is 1. The van der Waals surface area contributed by atoms with Crippen LogP contribution in [0.5, 0.6) is 11.5 Å². The molecule has 30 heavy (non-hydrogen) atoms. The van der Waals surface area contributed by atoms with Crippen LogP contribution in [0.1, 0.15) is 11.1 Å². The molecule has 0 saturated carbocycles. The van der Waals surface area contributed by atoms with E-state index in [1.165, 1.54) is 0 Å². The fourth-order valence-electron chi connectivity index (χ4n) is 3.65. The number of ether oxygens (including phenoxy) is 2. The van der Waals surface area contributed by atoms with Crippen molar-refractivity contribution < 1.29 is 19.7 Å². The van der Waals surface area contributed by atoms with E-state index in [9.17, 15) is 10.2 Å². The SMILES string of the molecule is Cc1cccc(OCC(O)CN2CCN(CC(O)COc3cccc(C)c3)CC2)c1. The number of nitrogens with zero attached hydrogens (tertiary/aromatic N) is 2. The van der Waals surface area contributed by atoms with Gasteiger partial charge in [0.05, 0.1) is 0 Å². The highest BCUT2D eigenvalue weighted by atomic mass is 16.5. The normalized spacial score (nSPS) is 17.5. The average molecular weight is 415 g/mol. The van der Waals surface area contributed by atoms with Crippen LogP contribution in [-0.4, -0.2) is 84.7 Å². The number of β-amino-alcohol motifs (C(OH)–C–C–N with tert-alkyl or cyclic N) is 2. The van der Waals surface area contributed by atoms with Gasteiger partial charge in [-0.15, -0.1) is 0 Å². The van der Waals surface area contributed by atoms with E-state index in [2.05, 4.69) is 9.80 Å². The highest BCUT2D eigenvalue weighted by Crippen LogP contribution is 2.14. The van der Waals surface area contributed by atoms with Crippen molar-refractivity contribution in [3.8, 4) is 11.5 Å². The number of hydrogen-bond donors (Lipinski definition) is 2. The van der Waals surface area contributed by atoms with Gasteiger partial charge in [0.1, 0.15) is 36.9 Å². The van der Waals surface area contributed by atoms with Gasteiger partial charge >= 0.3 is 0 Å². The van der Waals surface area contributed by atoms with Gasteiger partial charge in [0.2, 0.25) is 0 Å². The Bertz CT molecular complexity index is 712. The molecule has 2 aromatic carbocycles. The van der Waals surface area contributed by atoms with Crippen molar-refractivity contribution in [2.75, 3.05) is 52.5 Å². The van der Waals surface area contributed by atoms with E-state index in [0.717, 1.165) is 48.8 Å². The summed E-state index contributed by atoms with van der Waals surface area (Å²) in [7, 11) is 0. The number of benzene rings is 2. The van der Waals surface area contributed by atoms with Crippen molar-refractivity contribution >= 4 is 0 Å². The van der Waals surface area contributed by atoms with Gasteiger partial charge < -0.3 is 19.7 Å². The minimum Gasteiger partial charge on any atom is -0.491 e. The molecular weight excluding hydrogens is 380 g/mol. The average Bonchev–Trinajstić information content (AvgIpc) is 2.72. The molecule has 1 aliphatic heterocycles. The maximum atomic E-state index is 10.3. The van der Waals surface area contributed by atoms with Crippen molar-refractivity contribution in [2.24, 2.45) is 0 Å². The van der Waals surface area contributed by atoms with Crippen LogP contribution >= 0.6 is 0 Å². The molecule has 1 heterocycles. The largest absolute Gasteiger partial charge is 0.491 e. The number of hydrogen-bond acceptors (Lipinski definition) is 6. The first kappa shape index (κ1) is 22.6. The Kier molecular flexibility index (Phi) is 8.51. The van der Waals surface area contributed by atoms with Crippen molar-refractivity contribution in [1.82, 2.24) is 9.80 Å². The van der Waals surface area contributed by atoms with Gasteiger partial charge in [-0.2, -0.15) is 0 Å². The Labute approximate surface area is 179 Å². The lowest BCUT2D eigenvalue weighted by Crippen LogP contribution is -2.51. The zero-order valence-electron chi connectivity index (χ0n) is 18.0. The van der Waals surface area contributed by atoms with Gasteiger partial charge in [-0.25, -0.2) is 0 Å². The summed E-state index contributed by atoms with van der Waals surface area (Å²) in [5, 5.41) is 20.6. The highest BCUT2D eigenvalue weighted by Gasteiger charge is 2.21. The lowest BCUT2D eigenvalue weighted by molar-refractivity contribution is 0.0240. The van der Waals surface area contributed by atoms with E-state index in [1.54, 1.807) is 0 Å². The Hall–Kier alpha value is -2.12. The third-order valence-corrected chi connectivity index (χ3v) is 5.27. The van der Waals surface area contributed by atoms with Crippen molar-refractivity contribution in [3.05, 3.63) is 59.7 Å². The van der Waals surface area contributed by atoms with E-state index in [0.29, 0.717) is 26.3 Å². The Morgan fingerprint density at radius 3 is 1.50 bits per heavy atom. The molecule has 0 bridgehead atoms. The topological polar surface area (TPSA) is 65.4 Å². The van der Waals surface area contributed by atoms with Crippen LogP contribution in [0, 0.1) is 13.8 Å². The smallest absolute Gasteiger partial charge is 0.119 e.